The van der Waals surface area contributed by atoms with Gasteiger partial charge in [-0.2, -0.15) is 0 Å². The normalized spacial score (nSPS) is 26.6. The minimum atomic E-state index is -0.00867. The topological polar surface area (TPSA) is 49.5 Å². The highest BCUT2D eigenvalue weighted by Gasteiger charge is 2.27. The van der Waals surface area contributed by atoms with Crippen molar-refractivity contribution in [2.75, 3.05) is 26.7 Å². The Morgan fingerprint density at radius 1 is 1.29 bits per heavy atom. The summed E-state index contributed by atoms with van der Waals surface area (Å²) in [6.45, 7) is 3.14. The van der Waals surface area contributed by atoms with Crippen molar-refractivity contribution in [1.29, 1.82) is 0 Å². The number of aliphatic hydroxyl groups is 1. The summed E-state index contributed by atoms with van der Waals surface area (Å²) in [6.07, 6.45) is 5.65. The summed E-state index contributed by atoms with van der Waals surface area (Å²) in [5.41, 5.74) is 5.43. The number of nitrogens with two attached hydrogens (primary N) is 1. The standard InChI is InChI=1S/C11H24N2O/c1-13(6-4-2-3-5-12)9-10-7-11(14)8-10/h10-11,14H,2-9,12H2,1H3. The Balaban J connectivity index is 1.91. The molecule has 0 aromatic heterocycles. The van der Waals surface area contributed by atoms with E-state index in [0.29, 0.717) is 0 Å². The molecule has 0 radical (unpaired) electrons. The first-order valence-electron chi connectivity index (χ1n) is 5.79. The number of hydrogen-bond donors (Lipinski definition) is 2. The molecule has 0 heterocycles. The number of hydrogen-bond acceptors (Lipinski definition) is 3. The SMILES string of the molecule is CN(CCCCCN)CC1CC(O)C1. The Hall–Kier alpha value is -0.120. The van der Waals surface area contributed by atoms with E-state index in [-0.39, 0.29) is 6.10 Å². The molecule has 1 fully saturated rings. The van der Waals surface area contributed by atoms with Gasteiger partial charge in [0, 0.05) is 6.54 Å². The van der Waals surface area contributed by atoms with Crippen LogP contribution >= 0.6 is 0 Å². The molecule has 3 heteroatoms. The van der Waals surface area contributed by atoms with Gasteiger partial charge in [-0.1, -0.05) is 6.42 Å². The van der Waals surface area contributed by atoms with E-state index >= 15 is 0 Å². The van der Waals surface area contributed by atoms with Gasteiger partial charge in [0.05, 0.1) is 6.10 Å². The Labute approximate surface area is 87.3 Å². The first-order valence-corrected chi connectivity index (χ1v) is 5.79. The number of nitrogens with zero attached hydrogens (tertiary/aromatic N) is 1. The second kappa shape index (κ2) is 6.38. The van der Waals surface area contributed by atoms with Crippen molar-refractivity contribution in [1.82, 2.24) is 4.90 Å². The third kappa shape index (κ3) is 4.40. The highest BCUT2D eigenvalue weighted by atomic mass is 16.3. The van der Waals surface area contributed by atoms with Crippen molar-refractivity contribution in [3.8, 4) is 0 Å². The number of rotatable bonds is 7. The average molecular weight is 200 g/mol. The molecule has 0 bridgehead atoms. The average Bonchev–Trinajstić information content (AvgIpc) is 2.10. The minimum absolute atomic E-state index is 0.00867. The van der Waals surface area contributed by atoms with E-state index in [1.807, 2.05) is 0 Å². The third-order valence-corrected chi connectivity index (χ3v) is 3.02. The lowest BCUT2D eigenvalue weighted by Crippen LogP contribution is -2.37. The largest absolute Gasteiger partial charge is 0.393 e. The predicted molar refractivity (Wildman–Crippen MR) is 59.1 cm³/mol. The first-order chi connectivity index (χ1) is 6.72. The lowest BCUT2D eigenvalue weighted by molar-refractivity contribution is 0.0282. The van der Waals surface area contributed by atoms with Gasteiger partial charge in [0.25, 0.3) is 0 Å². The quantitative estimate of drug-likeness (QED) is 0.598. The smallest absolute Gasteiger partial charge is 0.0546 e. The molecular formula is C11H24N2O. The van der Waals surface area contributed by atoms with Crippen molar-refractivity contribution in [3.63, 3.8) is 0 Å². The van der Waals surface area contributed by atoms with Gasteiger partial charge >= 0.3 is 0 Å². The van der Waals surface area contributed by atoms with Crippen molar-refractivity contribution in [2.45, 2.75) is 38.2 Å². The van der Waals surface area contributed by atoms with Crippen LogP contribution in [-0.4, -0.2) is 42.8 Å². The second-order valence-corrected chi connectivity index (χ2v) is 4.60. The predicted octanol–water partition coefficient (Wildman–Crippen LogP) is 0.818. The summed E-state index contributed by atoms with van der Waals surface area (Å²) in [5, 5.41) is 9.14. The van der Waals surface area contributed by atoms with Crippen molar-refractivity contribution >= 4 is 0 Å². The molecule has 1 aliphatic carbocycles. The van der Waals surface area contributed by atoms with Gasteiger partial charge in [0.15, 0.2) is 0 Å². The van der Waals surface area contributed by atoms with Gasteiger partial charge in [0.1, 0.15) is 0 Å². The molecule has 14 heavy (non-hydrogen) atoms. The van der Waals surface area contributed by atoms with E-state index in [1.165, 1.54) is 19.4 Å². The molecule has 1 rings (SSSR count). The van der Waals surface area contributed by atoms with Crippen LogP contribution in [0.5, 0.6) is 0 Å². The van der Waals surface area contributed by atoms with E-state index in [9.17, 15) is 0 Å². The number of unbranched alkanes of at least 4 members (excludes halogenated alkanes) is 2. The van der Waals surface area contributed by atoms with E-state index in [4.69, 9.17) is 10.8 Å². The Bertz CT molecular complexity index is 146. The van der Waals surface area contributed by atoms with E-state index in [2.05, 4.69) is 11.9 Å². The van der Waals surface area contributed by atoms with Crippen LogP contribution in [0.4, 0.5) is 0 Å². The van der Waals surface area contributed by atoms with E-state index < -0.39 is 0 Å². The maximum absolute atomic E-state index is 9.14. The molecule has 1 saturated carbocycles. The summed E-state index contributed by atoms with van der Waals surface area (Å²) >= 11 is 0. The van der Waals surface area contributed by atoms with E-state index in [0.717, 1.165) is 38.3 Å². The Morgan fingerprint density at radius 3 is 2.57 bits per heavy atom. The highest BCUT2D eigenvalue weighted by molar-refractivity contribution is 4.80. The molecule has 0 saturated heterocycles. The minimum Gasteiger partial charge on any atom is -0.393 e. The van der Waals surface area contributed by atoms with Crippen molar-refractivity contribution in [3.05, 3.63) is 0 Å². The van der Waals surface area contributed by atoms with Crippen LogP contribution in [0.15, 0.2) is 0 Å². The first kappa shape index (κ1) is 12.0. The molecule has 1 aliphatic rings. The summed E-state index contributed by atoms with van der Waals surface area (Å²) < 4.78 is 0. The molecule has 0 amide bonds. The van der Waals surface area contributed by atoms with Crippen LogP contribution in [0.1, 0.15) is 32.1 Å². The van der Waals surface area contributed by atoms with Gasteiger partial charge in [-0.3, -0.25) is 0 Å². The van der Waals surface area contributed by atoms with Gasteiger partial charge in [-0.15, -0.1) is 0 Å². The van der Waals surface area contributed by atoms with Gasteiger partial charge < -0.3 is 15.7 Å². The number of aliphatic hydroxyl groups excluding tert-OH is 1. The molecule has 0 aromatic carbocycles. The maximum Gasteiger partial charge on any atom is 0.0546 e. The van der Waals surface area contributed by atoms with Crippen LogP contribution in [0.2, 0.25) is 0 Å². The Morgan fingerprint density at radius 2 is 2.00 bits per heavy atom. The lowest BCUT2D eigenvalue weighted by atomic mass is 9.82. The van der Waals surface area contributed by atoms with E-state index in [1.54, 1.807) is 0 Å². The Kier molecular flexibility index (Phi) is 5.45. The summed E-state index contributed by atoms with van der Waals surface area (Å²) in [5.74, 6) is 0.740. The fraction of sp³-hybridized carbons (Fsp3) is 1.00. The second-order valence-electron chi connectivity index (χ2n) is 4.60. The zero-order valence-corrected chi connectivity index (χ0v) is 9.28. The van der Waals surface area contributed by atoms with Crippen molar-refractivity contribution in [2.24, 2.45) is 11.7 Å². The summed E-state index contributed by atoms with van der Waals surface area (Å²) in [4.78, 5) is 2.38. The van der Waals surface area contributed by atoms with Gasteiger partial charge in [0.2, 0.25) is 0 Å². The lowest BCUT2D eigenvalue weighted by Gasteiger charge is -2.34. The highest BCUT2D eigenvalue weighted by Crippen LogP contribution is 2.27. The molecule has 0 unspecified atom stereocenters. The van der Waals surface area contributed by atoms with Gasteiger partial charge in [-0.05, 0) is 51.7 Å². The molecule has 3 N–H and O–H groups in total. The summed E-state index contributed by atoms with van der Waals surface area (Å²) in [7, 11) is 2.17. The van der Waals surface area contributed by atoms with Crippen LogP contribution in [0.3, 0.4) is 0 Å². The van der Waals surface area contributed by atoms with Crippen LogP contribution in [0.25, 0.3) is 0 Å². The molecular weight excluding hydrogens is 176 g/mol. The monoisotopic (exact) mass is 200 g/mol. The molecule has 84 valence electrons. The zero-order chi connectivity index (χ0) is 10.4. The van der Waals surface area contributed by atoms with Crippen LogP contribution in [0, 0.1) is 5.92 Å². The molecule has 0 spiro atoms. The molecule has 0 aromatic rings. The fourth-order valence-corrected chi connectivity index (χ4v) is 2.08. The molecule has 0 atom stereocenters. The van der Waals surface area contributed by atoms with Crippen LogP contribution < -0.4 is 5.73 Å². The van der Waals surface area contributed by atoms with Crippen molar-refractivity contribution < 1.29 is 5.11 Å². The molecule has 3 nitrogen and oxygen atoms in total. The maximum atomic E-state index is 9.14. The zero-order valence-electron chi connectivity index (χ0n) is 9.28. The van der Waals surface area contributed by atoms with Crippen LogP contribution in [-0.2, 0) is 0 Å². The summed E-state index contributed by atoms with van der Waals surface area (Å²) in [6, 6.07) is 0. The fourth-order valence-electron chi connectivity index (χ4n) is 2.08. The van der Waals surface area contributed by atoms with Gasteiger partial charge in [-0.25, -0.2) is 0 Å². The third-order valence-electron chi connectivity index (χ3n) is 3.02. The molecule has 0 aliphatic heterocycles.